The molecular weight excluding hydrogens is 534 g/mol. The zero-order valence-electron chi connectivity index (χ0n) is 26.3. The lowest BCUT2D eigenvalue weighted by molar-refractivity contribution is -0.121. The van der Waals surface area contributed by atoms with Gasteiger partial charge in [-0.1, -0.05) is 51.8 Å². The van der Waals surface area contributed by atoms with Crippen LogP contribution in [0.2, 0.25) is 0 Å². The number of allylic oxidation sites excluding steroid dienone is 2. The number of carbonyl (C=O) groups excluding carboxylic acids is 2. The molecular formula is C34H46F2N4O2. The third-order valence-electron chi connectivity index (χ3n) is 7.35. The summed E-state index contributed by atoms with van der Waals surface area (Å²) in [6, 6.07) is 8.62. The Morgan fingerprint density at radius 3 is 2.40 bits per heavy atom. The second-order valence-electron chi connectivity index (χ2n) is 10.8. The van der Waals surface area contributed by atoms with E-state index in [1.807, 2.05) is 64.1 Å². The van der Waals surface area contributed by atoms with Gasteiger partial charge in [-0.15, -0.1) is 0 Å². The first-order valence-corrected chi connectivity index (χ1v) is 14.7. The second-order valence-corrected chi connectivity index (χ2v) is 10.8. The SMILES string of the molecule is C/C=C\N(C)C(Nc1ccc(C(=O)NCC(=O)C(C)CCCC)c(CC)c1)/C(C)=N/C=C(\C)c1ccc(C)c(F)c1F. The molecule has 228 valence electrons. The molecule has 2 N–H and O–H groups in total. The van der Waals surface area contributed by atoms with Gasteiger partial charge in [0.25, 0.3) is 5.91 Å². The molecule has 0 spiro atoms. The second kappa shape index (κ2) is 16.6. The maximum absolute atomic E-state index is 14.5. The van der Waals surface area contributed by atoms with Gasteiger partial charge in [0.2, 0.25) is 0 Å². The predicted molar refractivity (Wildman–Crippen MR) is 170 cm³/mol. The van der Waals surface area contributed by atoms with Gasteiger partial charge in [0.15, 0.2) is 17.4 Å². The standard InChI is InChI=1S/C34H46F2N4O2/c1-9-12-13-22(4)30(41)21-38-34(42)29-17-15-27(19-26(29)11-3)39-33(40(8)18-10-2)25(7)37-20-24(6)28-16-14-23(5)31(35)32(28)36/h10,14-20,22,33,39H,9,11-13,21H2,1-8H3,(H,38,42)/b18-10-,24-20+,37-25+. The number of amides is 1. The fourth-order valence-corrected chi connectivity index (χ4v) is 4.58. The molecule has 0 heterocycles. The largest absolute Gasteiger partial charge is 0.360 e. The molecule has 0 aromatic heterocycles. The van der Waals surface area contributed by atoms with E-state index in [-0.39, 0.29) is 41.4 Å². The molecule has 0 aliphatic rings. The van der Waals surface area contributed by atoms with Crippen LogP contribution in [0.4, 0.5) is 14.5 Å². The summed E-state index contributed by atoms with van der Waals surface area (Å²) in [5.41, 5.74) is 3.78. The molecule has 0 aliphatic carbocycles. The molecule has 0 aliphatic heterocycles. The van der Waals surface area contributed by atoms with Crippen LogP contribution in [-0.2, 0) is 11.2 Å². The zero-order valence-corrected chi connectivity index (χ0v) is 26.3. The van der Waals surface area contributed by atoms with Crippen LogP contribution < -0.4 is 10.6 Å². The summed E-state index contributed by atoms with van der Waals surface area (Å²) in [6.07, 6.45) is 8.46. The first-order chi connectivity index (χ1) is 19.9. The smallest absolute Gasteiger partial charge is 0.251 e. The normalized spacial score (nSPS) is 13.7. The number of rotatable bonds is 15. The summed E-state index contributed by atoms with van der Waals surface area (Å²) in [5, 5.41) is 6.27. The summed E-state index contributed by atoms with van der Waals surface area (Å²) in [4.78, 5) is 31.9. The summed E-state index contributed by atoms with van der Waals surface area (Å²) >= 11 is 0. The summed E-state index contributed by atoms with van der Waals surface area (Å²) < 4.78 is 28.6. The van der Waals surface area contributed by atoms with Crippen LogP contribution in [0.25, 0.3) is 5.57 Å². The van der Waals surface area contributed by atoms with Gasteiger partial charge < -0.3 is 15.5 Å². The van der Waals surface area contributed by atoms with Crippen molar-refractivity contribution >= 4 is 28.7 Å². The maximum Gasteiger partial charge on any atom is 0.251 e. The third kappa shape index (κ3) is 9.36. The average molecular weight is 581 g/mol. The van der Waals surface area contributed by atoms with Crippen LogP contribution in [0.3, 0.4) is 0 Å². The van der Waals surface area contributed by atoms with E-state index in [0.29, 0.717) is 23.3 Å². The number of nitrogens with zero attached hydrogens (tertiary/aromatic N) is 2. The van der Waals surface area contributed by atoms with Gasteiger partial charge in [0, 0.05) is 36.0 Å². The minimum absolute atomic E-state index is 0.0187. The van der Waals surface area contributed by atoms with E-state index >= 15 is 0 Å². The molecule has 2 atom stereocenters. The first kappa shape index (κ1) is 34.4. The number of Topliss-reactive ketones (excluding diaryl/α,β-unsaturated/α-hetero) is 1. The Morgan fingerprint density at radius 1 is 1.07 bits per heavy atom. The van der Waals surface area contributed by atoms with Crippen LogP contribution >= 0.6 is 0 Å². The molecule has 2 aromatic carbocycles. The van der Waals surface area contributed by atoms with Crippen molar-refractivity contribution in [3.05, 3.63) is 82.7 Å². The number of anilines is 1. The Bertz CT molecular complexity index is 1330. The molecule has 0 radical (unpaired) electrons. The van der Waals surface area contributed by atoms with Crippen molar-refractivity contribution in [1.82, 2.24) is 10.2 Å². The highest BCUT2D eigenvalue weighted by Gasteiger charge is 2.19. The molecule has 2 aromatic rings. The number of benzene rings is 2. The molecule has 2 unspecified atom stereocenters. The highest BCUT2D eigenvalue weighted by Crippen LogP contribution is 2.23. The summed E-state index contributed by atoms with van der Waals surface area (Å²) in [5.74, 6) is -2.05. The Balaban J connectivity index is 2.27. The van der Waals surface area contributed by atoms with E-state index in [1.54, 1.807) is 25.1 Å². The number of carbonyl (C=O) groups is 2. The molecule has 0 saturated heterocycles. The monoisotopic (exact) mass is 580 g/mol. The predicted octanol–water partition coefficient (Wildman–Crippen LogP) is 7.69. The maximum atomic E-state index is 14.5. The van der Waals surface area contributed by atoms with Crippen molar-refractivity contribution in [2.75, 3.05) is 18.9 Å². The van der Waals surface area contributed by atoms with Crippen molar-refractivity contribution in [2.45, 2.75) is 80.3 Å². The third-order valence-corrected chi connectivity index (χ3v) is 7.35. The van der Waals surface area contributed by atoms with Crippen molar-refractivity contribution < 1.29 is 18.4 Å². The minimum Gasteiger partial charge on any atom is -0.360 e. The summed E-state index contributed by atoms with van der Waals surface area (Å²) in [7, 11) is 1.91. The van der Waals surface area contributed by atoms with E-state index in [1.165, 1.54) is 13.1 Å². The van der Waals surface area contributed by atoms with Gasteiger partial charge in [-0.05, 0) is 81.6 Å². The van der Waals surface area contributed by atoms with E-state index < -0.39 is 11.6 Å². The highest BCUT2D eigenvalue weighted by atomic mass is 19.2. The quantitative estimate of drug-likeness (QED) is 0.167. The Kier molecular flexibility index (Phi) is 13.6. The van der Waals surface area contributed by atoms with Gasteiger partial charge in [-0.2, -0.15) is 0 Å². The zero-order chi connectivity index (χ0) is 31.4. The number of hydrogen-bond acceptors (Lipinski definition) is 5. The number of halogens is 2. The van der Waals surface area contributed by atoms with Gasteiger partial charge >= 0.3 is 0 Å². The average Bonchev–Trinajstić information content (AvgIpc) is 2.98. The minimum atomic E-state index is -0.885. The van der Waals surface area contributed by atoms with Crippen molar-refractivity contribution in [3.8, 4) is 0 Å². The van der Waals surface area contributed by atoms with Crippen molar-refractivity contribution in [1.29, 1.82) is 0 Å². The van der Waals surface area contributed by atoms with Crippen molar-refractivity contribution in [3.63, 3.8) is 0 Å². The lowest BCUT2D eigenvalue weighted by atomic mass is 9.99. The molecule has 1 amide bonds. The van der Waals surface area contributed by atoms with Crippen molar-refractivity contribution in [2.24, 2.45) is 10.9 Å². The number of aryl methyl sites for hydroxylation is 2. The molecule has 2 rings (SSSR count). The Labute approximate surface area is 250 Å². The topological polar surface area (TPSA) is 73.8 Å². The first-order valence-electron chi connectivity index (χ1n) is 14.7. The summed E-state index contributed by atoms with van der Waals surface area (Å²) in [6.45, 7) is 13.0. The lowest BCUT2D eigenvalue weighted by Crippen LogP contribution is -2.40. The van der Waals surface area contributed by atoms with E-state index in [0.717, 1.165) is 30.5 Å². The fourth-order valence-electron chi connectivity index (χ4n) is 4.58. The van der Waals surface area contributed by atoms with Crippen LogP contribution in [0.1, 0.15) is 87.9 Å². The number of hydrogen-bond donors (Lipinski definition) is 2. The van der Waals surface area contributed by atoms with Crippen LogP contribution in [-0.4, -0.2) is 42.1 Å². The van der Waals surface area contributed by atoms with Crippen LogP contribution in [0.5, 0.6) is 0 Å². The molecule has 0 bridgehead atoms. The van der Waals surface area contributed by atoms with Gasteiger partial charge in [0.05, 0.1) is 12.3 Å². The Morgan fingerprint density at radius 2 is 1.76 bits per heavy atom. The molecule has 8 heteroatoms. The molecule has 0 fully saturated rings. The van der Waals surface area contributed by atoms with E-state index in [9.17, 15) is 18.4 Å². The van der Waals surface area contributed by atoms with Gasteiger partial charge in [0.1, 0.15) is 6.17 Å². The van der Waals surface area contributed by atoms with E-state index in [2.05, 4.69) is 22.5 Å². The van der Waals surface area contributed by atoms with E-state index in [4.69, 9.17) is 0 Å². The highest BCUT2D eigenvalue weighted by molar-refractivity contribution is 5.98. The van der Waals surface area contributed by atoms with Gasteiger partial charge in [-0.3, -0.25) is 14.6 Å². The molecule has 6 nitrogen and oxygen atoms in total. The van der Waals surface area contributed by atoms with Crippen LogP contribution in [0, 0.1) is 24.5 Å². The molecule has 42 heavy (non-hydrogen) atoms. The Hall–Kier alpha value is -3.81. The van der Waals surface area contributed by atoms with Gasteiger partial charge in [-0.25, -0.2) is 8.78 Å². The van der Waals surface area contributed by atoms with Crippen LogP contribution in [0.15, 0.2) is 53.8 Å². The number of aliphatic imine (C=N–C) groups is 1. The molecule has 0 saturated carbocycles. The lowest BCUT2D eigenvalue weighted by Gasteiger charge is -2.29. The number of nitrogens with one attached hydrogen (secondary N) is 2. The fraction of sp³-hybridized carbons (Fsp3) is 0.441. The number of ketones is 1. The number of unbranched alkanes of at least 4 members (excludes halogenated alkanes) is 1.